The van der Waals surface area contributed by atoms with Crippen LogP contribution in [0.3, 0.4) is 0 Å². The summed E-state index contributed by atoms with van der Waals surface area (Å²) in [5.41, 5.74) is 3.63. The van der Waals surface area contributed by atoms with Crippen LogP contribution >= 0.6 is 0 Å². The van der Waals surface area contributed by atoms with Gasteiger partial charge in [-0.2, -0.15) is 0 Å². The second-order valence-electron chi connectivity index (χ2n) is 8.99. The summed E-state index contributed by atoms with van der Waals surface area (Å²) in [6, 6.07) is 16.5. The molecule has 0 radical (unpaired) electrons. The van der Waals surface area contributed by atoms with E-state index in [1.165, 1.54) is 0 Å². The highest BCUT2D eigenvalue weighted by atomic mass is 16.6. The van der Waals surface area contributed by atoms with Crippen molar-refractivity contribution >= 4 is 23.4 Å². The standard InChI is InChI=1S/C26H30N6O4/c1-32(2)18-8-4-16(5-9-18)20-12-13-27-25(29-20)30-21-14-35-24-22(15-36-23(21)24)31-26(33)28-17-6-10-19(34-3)11-7-17/h4-13,21-24H,14-15H2,1-3H3,(H,27,29,30)(H2,28,31,33). The van der Waals surface area contributed by atoms with Crippen LogP contribution in [0.15, 0.2) is 60.8 Å². The highest BCUT2D eigenvalue weighted by Crippen LogP contribution is 2.29. The first-order valence-corrected chi connectivity index (χ1v) is 11.8. The maximum Gasteiger partial charge on any atom is 0.319 e. The lowest BCUT2D eigenvalue weighted by atomic mass is 10.1. The predicted octanol–water partition coefficient (Wildman–Crippen LogP) is 2.99. The molecule has 2 aliphatic heterocycles. The van der Waals surface area contributed by atoms with Gasteiger partial charge in [0.25, 0.3) is 0 Å². The lowest BCUT2D eigenvalue weighted by Gasteiger charge is -2.19. The maximum absolute atomic E-state index is 12.5. The summed E-state index contributed by atoms with van der Waals surface area (Å²) in [7, 11) is 5.62. The lowest BCUT2D eigenvalue weighted by molar-refractivity contribution is 0.0683. The molecule has 2 aliphatic rings. The third-order valence-corrected chi connectivity index (χ3v) is 6.37. The lowest BCUT2D eigenvalue weighted by Crippen LogP contribution is -2.46. The molecule has 0 aliphatic carbocycles. The summed E-state index contributed by atoms with van der Waals surface area (Å²) in [6.45, 7) is 0.793. The Balaban J connectivity index is 1.18. The monoisotopic (exact) mass is 490 g/mol. The van der Waals surface area contributed by atoms with Crippen molar-refractivity contribution in [3.05, 3.63) is 60.8 Å². The van der Waals surface area contributed by atoms with Crippen molar-refractivity contribution in [3.63, 3.8) is 0 Å². The zero-order chi connectivity index (χ0) is 25.1. The molecule has 3 N–H and O–H groups in total. The molecular formula is C26H30N6O4. The number of carbonyl (C=O) groups excluding carboxylic acids is 1. The van der Waals surface area contributed by atoms with Gasteiger partial charge in [-0.15, -0.1) is 0 Å². The second kappa shape index (κ2) is 10.4. The van der Waals surface area contributed by atoms with E-state index < -0.39 is 0 Å². The van der Waals surface area contributed by atoms with Gasteiger partial charge in [0.05, 0.1) is 38.1 Å². The van der Waals surface area contributed by atoms with Crippen molar-refractivity contribution in [1.82, 2.24) is 15.3 Å². The van der Waals surface area contributed by atoms with Gasteiger partial charge in [0.1, 0.15) is 18.0 Å². The second-order valence-corrected chi connectivity index (χ2v) is 8.99. The summed E-state index contributed by atoms with van der Waals surface area (Å²) < 4.78 is 17.1. The number of hydrogen-bond acceptors (Lipinski definition) is 8. The van der Waals surface area contributed by atoms with E-state index in [-0.39, 0.29) is 30.3 Å². The summed E-state index contributed by atoms with van der Waals surface area (Å²) in [6.07, 6.45) is 1.26. The van der Waals surface area contributed by atoms with Crippen LogP contribution in [0, 0.1) is 0 Å². The summed E-state index contributed by atoms with van der Waals surface area (Å²) in [5.74, 6) is 1.23. The Morgan fingerprint density at radius 3 is 2.36 bits per heavy atom. The van der Waals surface area contributed by atoms with Gasteiger partial charge >= 0.3 is 6.03 Å². The number of carbonyl (C=O) groups is 1. The fraction of sp³-hybridized carbons (Fsp3) is 0.346. The fourth-order valence-corrected chi connectivity index (χ4v) is 4.44. The van der Waals surface area contributed by atoms with Crippen molar-refractivity contribution in [2.45, 2.75) is 24.3 Å². The molecule has 1 aromatic heterocycles. The molecule has 188 valence electrons. The van der Waals surface area contributed by atoms with E-state index in [4.69, 9.17) is 14.2 Å². The van der Waals surface area contributed by atoms with Crippen molar-refractivity contribution in [2.75, 3.05) is 50.0 Å². The minimum Gasteiger partial charge on any atom is -0.497 e. The van der Waals surface area contributed by atoms with Gasteiger partial charge in [-0.05, 0) is 42.5 Å². The predicted molar refractivity (Wildman–Crippen MR) is 138 cm³/mol. The average molecular weight is 491 g/mol. The third-order valence-electron chi connectivity index (χ3n) is 6.37. The summed E-state index contributed by atoms with van der Waals surface area (Å²) in [5, 5.41) is 9.14. The molecule has 10 nitrogen and oxygen atoms in total. The average Bonchev–Trinajstić information content (AvgIpc) is 3.48. The number of nitrogens with one attached hydrogen (secondary N) is 3. The SMILES string of the molecule is COc1ccc(NC(=O)NC2COC3C(Nc4nccc(-c5ccc(N(C)C)cc5)n4)COC23)cc1. The normalized spacial score (nSPS) is 22.5. The number of anilines is 3. The van der Waals surface area contributed by atoms with Gasteiger partial charge in [0.2, 0.25) is 5.95 Å². The number of nitrogens with zero attached hydrogens (tertiary/aromatic N) is 3. The molecule has 2 saturated heterocycles. The van der Waals surface area contributed by atoms with Crippen LogP contribution in [0.4, 0.5) is 22.1 Å². The number of rotatable bonds is 7. The highest BCUT2D eigenvalue weighted by molar-refractivity contribution is 5.89. The Labute approximate surface area is 210 Å². The molecule has 2 amide bonds. The van der Waals surface area contributed by atoms with Crippen LogP contribution < -0.4 is 25.6 Å². The van der Waals surface area contributed by atoms with Crippen molar-refractivity contribution in [2.24, 2.45) is 0 Å². The molecule has 5 rings (SSSR count). The Morgan fingerprint density at radius 1 is 0.972 bits per heavy atom. The maximum atomic E-state index is 12.5. The van der Waals surface area contributed by atoms with Gasteiger partial charge < -0.3 is 35.1 Å². The molecule has 3 aromatic rings. The molecule has 0 spiro atoms. The van der Waals surface area contributed by atoms with Crippen molar-refractivity contribution in [3.8, 4) is 17.0 Å². The Hall–Kier alpha value is -3.89. The van der Waals surface area contributed by atoms with E-state index in [1.807, 2.05) is 32.3 Å². The number of benzene rings is 2. The first-order valence-electron chi connectivity index (χ1n) is 11.8. The quantitative estimate of drug-likeness (QED) is 0.464. The van der Waals surface area contributed by atoms with Gasteiger partial charge in [-0.1, -0.05) is 12.1 Å². The molecule has 0 bridgehead atoms. The summed E-state index contributed by atoms with van der Waals surface area (Å²) >= 11 is 0. The molecule has 4 unspecified atom stereocenters. The number of urea groups is 1. The van der Waals surface area contributed by atoms with E-state index in [0.29, 0.717) is 24.8 Å². The van der Waals surface area contributed by atoms with Crippen molar-refractivity contribution in [1.29, 1.82) is 0 Å². The van der Waals surface area contributed by atoms with Crippen LogP contribution in [-0.4, -0.2) is 74.7 Å². The molecule has 36 heavy (non-hydrogen) atoms. The largest absolute Gasteiger partial charge is 0.497 e. The first kappa shape index (κ1) is 23.8. The molecule has 10 heteroatoms. The van der Waals surface area contributed by atoms with E-state index in [0.717, 1.165) is 22.7 Å². The third kappa shape index (κ3) is 5.19. The van der Waals surface area contributed by atoms with E-state index in [1.54, 1.807) is 37.6 Å². The summed E-state index contributed by atoms with van der Waals surface area (Å²) in [4.78, 5) is 23.6. The molecule has 3 heterocycles. The highest BCUT2D eigenvalue weighted by Gasteiger charge is 2.48. The molecule has 2 aromatic carbocycles. The molecule has 4 atom stereocenters. The van der Waals surface area contributed by atoms with E-state index >= 15 is 0 Å². The van der Waals surface area contributed by atoms with E-state index in [9.17, 15) is 4.79 Å². The first-order chi connectivity index (χ1) is 17.5. The van der Waals surface area contributed by atoms with Crippen LogP contribution in [0.2, 0.25) is 0 Å². The number of amides is 2. The van der Waals surface area contributed by atoms with Gasteiger partial charge in [-0.3, -0.25) is 0 Å². The fourth-order valence-electron chi connectivity index (χ4n) is 4.44. The smallest absolute Gasteiger partial charge is 0.319 e. The van der Waals surface area contributed by atoms with Gasteiger partial charge in [-0.25, -0.2) is 14.8 Å². The zero-order valence-electron chi connectivity index (χ0n) is 20.5. The van der Waals surface area contributed by atoms with Crippen LogP contribution in [0.5, 0.6) is 5.75 Å². The van der Waals surface area contributed by atoms with E-state index in [2.05, 4.69) is 43.0 Å². The number of fused-ring (bicyclic) bond motifs is 1. The molecule has 0 saturated carbocycles. The number of aromatic nitrogens is 2. The Morgan fingerprint density at radius 2 is 1.67 bits per heavy atom. The number of methoxy groups -OCH3 is 1. The minimum atomic E-state index is -0.314. The number of hydrogen-bond donors (Lipinski definition) is 3. The van der Waals surface area contributed by atoms with Gasteiger partial charge in [0, 0.05) is 37.2 Å². The molecule has 2 fully saturated rings. The molecular weight excluding hydrogens is 460 g/mol. The Kier molecular flexibility index (Phi) is 6.88. The van der Waals surface area contributed by atoms with Crippen LogP contribution in [0.1, 0.15) is 0 Å². The van der Waals surface area contributed by atoms with Gasteiger partial charge in [0.15, 0.2) is 0 Å². The topological polar surface area (TPSA) is 110 Å². The van der Waals surface area contributed by atoms with Crippen molar-refractivity contribution < 1.29 is 19.0 Å². The Bertz CT molecular complexity index is 1190. The minimum absolute atomic E-state index is 0.127. The van der Waals surface area contributed by atoms with Crippen LogP contribution in [0.25, 0.3) is 11.3 Å². The van der Waals surface area contributed by atoms with Crippen LogP contribution in [-0.2, 0) is 9.47 Å². The zero-order valence-corrected chi connectivity index (χ0v) is 20.5. The number of ether oxygens (including phenoxy) is 3.